The molecule has 0 saturated heterocycles. The highest BCUT2D eigenvalue weighted by molar-refractivity contribution is 6.39. The number of halogens is 5. The number of carbonyl (C=O) groups is 1. The van der Waals surface area contributed by atoms with E-state index in [9.17, 15) is 18.0 Å². The molecule has 0 fully saturated rings. The molecule has 4 nitrogen and oxygen atoms in total. The number of alkyl halides is 3. The van der Waals surface area contributed by atoms with Crippen molar-refractivity contribution < 1.29 is 18.0 Å². The first-order chi connectivity index (χ1) is 9.29. The number of carbonyl (C=O) groups excluding carboxylic acids is 1. The average molecular weight is 324 g/mol. The van der Waals surface area contributed by atoms with Crippen molar-refractivity contribution in [2.75, 3.05) is 5.32 Å². The minimum Gasteiger partial charge on any atom is -0.318 e. The number of nitrogens with one attached hydrogen (secondary N) is 2. The average Bonchev–Trinajstić information content (AvgIpc) is 2.83. The lowest BCUT2D eigenvalue weighted by molar-refractivity contribution is -0.141. The lowest BCUT2D eigenvalue weighted by Crippen LogP contribution is -2.13. The molecule has 2 aromatic rings. The highest BCUT2D eigenvalue weighted by Gasteiger charge is 2.33. The third kappa shape index (κ3) is 3.05. The van der Waals surface area contributed by atoms with Crippen LogP contribution in [0.1, 0.15) is 16.2 Å². The van der Waals surface area contributed by atoms with Gasteiger partial charge in [0.1, 0.15) is 5.69 Å². The van der Waals surface area contributed by atoms with Gasteiger partial charge in [-0.3, -0.25) is 9.89 Å². The fraction of sp³-hybridized carbons (Fsp3) is 0.0909. The van der Waals surface area contributed by atoms with E-state index in [1.165, 1.54) is 12.1 Å². The van der Waals surface area contributed by atoms with Crippen LogP contribution in [-0.4, -0.2) is 16.1 Å². The van der Waals surface area contributed by atoms with Crippen LogP contribution in [0.15, 0.2) is 24.3 Å². The molecule has 0 saturated carbocycles. The Balaban J connectivity index is 2.23. The molecule has 0 aliphatic carbocycles. The van der Waals surface area contributed by atoms with Gasteiger partial charge in [-0.15, -0.1) is 0 Å². The van der Waals surface area contributed by atoms with E-state index in [-0.39, 0.29) is 15.7 Å². The minimum absolute atomic E-state index is 0.109. The van der Waals surface area contributed by atoms with Gasteiger partial charge in [-0.25, -0.2) is 0 Å². The Morgan fingerprint density at radius 2 is 1.85 bits per heavy atom. The van der Waals surface area contributed by atoms with Gasteiger partial charge in [0.25, 0.3) is 5.91 Å². The zero-order chi connectivity index (χ0) is 14.9. The van der Waals surface area contributed by atoms with Crippen molar-refractivity contribution in [1.29, 1.82) is 0 Å². The van der Waals surface area contributed by atoms with Gasteiger partial charge >= 0.3 is 6.18 Å². The van der Waals surface area contributed by atoms with Gasteiger partial charge in [0, 0.05) is 6.07 Å². The highest BCUT2D eigenvalue weighted by Crippen LogP contribution is 2.31. The van der Waals surface area contributed by atoms with Crippen LogP contribution in [0.5, 0.6) is 0 Å². The SMILES string of the molecule is O=C(Nc1c(Cl)cccc1Cl)c1cc(C(F)(F)F)[nH]n1. The second-order valence-electron chi connectivity index (χ2n) is 3.72. The lowest BCUT2D eigenvalue weighted by Gasteiger charge is -2.07. The second-order valence-corrected chi connectivity index (χ2v) is 4.53. The molecule has 0 bridgehead atoms. The summed E-state index contributed by atoms with van der Waals surface area (Å²) < 4.78 is 37.1. The summed E-state index contributed by atoms with van der Waals surface area (Å²) in [6.45, 7) is 0. The monoisotopic (exact) mass is 323 g/mol. The number of para-hydroxylation sites is 1. The van der Waals surface area contributed by atoms with Crippen LogP contribution in [0.2, 0.25) is 10.0 Å². The van der Waals surface area contributed by atoms with Crippen LogP contribution < -0.4 is 5.32 Å². The summed E-state index contributed by atoms with van der Waals surface area (Å²) in [6, 6.07) is 5.13. The van der Waals surface area contributed by atoms with Gasteiger partial charge < -0.3 is 5.32 Å². The molecular formula is C11H6Cl2F3N3O. The van der Waals surface area contributed by atoms with Crippen molar-refractivity contribution in [3.8, 4) is 0 Å². The number of benzene rings is 1. The van der Waals surface area contributed by atoms with E-state index in [2.05, 4.69) is 10.4 Å². The Morgan fingerprint density at radius 1 is 1.25 bits per heavy atom. The molecule has 0 spiro atoms. The Labute approximate surface area is 120 Å². The van der Waals surface area contributed by atoms with E-state index in [0.29, 0.717) is 6.07 Å². The predicted octanol–water partition coefficient (Wildman–Crippen LogP) is 3.99. The number of anilines is 1. The molecule has 1 heterocycles. The third-order valence-electron chi connectivity index (χ3n) is 2.32. The third-order valence-corrected chi connectivity index (χ3v) is 2.95. The summed E-state index contributed by atoms with van der Waals surface area (Å²) in [7, 11) is 0. The van der Waals surface area contributed by atoms with Crippen molar-refractivity contribution in [1.82, 2.24) is 10.2 Å². The summed E-state index contributed by atoms with van der Waals surface area (Å²) in [6.07, 6.45) is -4.60. The summed E-state index contributed by atoms with van der Waals surface area (Å²) >= 11 is 11.7. The molecule has 0 aliphatic rings. The molecule has 0 unspecified atom stereocenters. The van der Waals surface area contributed by atoms with E-state index < -0.39 is 23.5 Å². The van der Waals surface area contributed by atoms with Gasteiger partial charge in [-0.05, 0) is 12.1 Å². The molecule has 1 aromatic heterocycles. The first kappa shape index (κ1) is 14.7. The van der Waals surface area contributed by atoms with Crippen molar-refractivity contribution in [3.63, 3.8) is 0 Å². The summed E-state index contributed by atoms with van der Waals surface area (Å²) in [5, 5.41) is 7.67. The lowest BCUT2D eigenvalue weighted by atomic mass is 10.3. The molecule has 9 heteroatoms. The van der Waals surface area contributed by atoms with Crippen LogP contribution in [0, 0.1) is 0 Å². The number of amides is 1. The van der Waals surface area contributed by atoms with Crippen molar-refractivity contribution in [3.05, 3.63) is 45.7 Å². The van der Waals surface area contributed by atoms with Gasteiger partial charge in [0.15, 0.2) is 5.69 Å². The number of hydrogen-bond acceptors (Lipinski definition) is 2. The number of H-pyrrole nitrogens is 1. The molecule has 2 rings (SSSR count). The molecule has 0 aliphatic heterocycles. The smallest absolute Gasteiger partial charge is 0.318 e. The van der Waals surface area contributed by atoms with E-state index in [4.69, 9.17) is 23.2 Å². The Morgan fingerprint density at radius 3 is 2.35 bits per heavy atom. The predicted molar refractivity (Wildman–Crippen MR) is 68.0 cm³/mol. The van der Waals surface area contributed by atoms with Crippen molar-refractivity contribution >= 4 is 34.8 Å². The number of nitrogens with zero attached hydrogens (tertiary/aromatic N) is 1. The van der Waals surface area contributed by atoms with E-state index in [1.807, 2.05) is 0 Å². The molecule has 1 aromatic carbocycles. The zero-order valence-electron chi connectivity index (χ0n) is 9.55. The summed E-state index contributed by atoms with van der Waals surface area (Å²) in [4.78, 5) is 11.8. The maximum Gasteiger partial charge on any atom is 0.432 e. The van der Waals surface area contributed by atoms with E-state index >= 15 is 0 Å². The van der Waals surface area contributed by atoms with E-state index in [0.717, 1.165) is 0 Å². The van der Waals surface area contributed by atoms with Gasteiger partial charge in [0.05, 0.1) is 15.7 Å². The number of rotatable bonds is 2. The topological polar surface area (TPSA) is 57.8 Å². The highest BCUT2D eigenvalue weighted by atomic mass is 35.5. The first-order valence-corrected chi connectivity index (χ1v) is 5.92. The largest absolute Gasteiger partial charge is 0.432 e. The second kappa shape index (κ2) is 5.34. The van der Waals surface area contributed by atoms with E-state index in [1.54, 1.807) is 11.2 Å². The van der Waals surface area contributed by atoms with Crippen LogP contribution >= 0.6 is 23.2 Å². The Kier molecular flexibility index (Phi) is 3.92. The molecule has 106 valence electrons. The summed E-state index contributed by atoms with van der Waals surface area (Å²) in [5.41, 5.74) is -1.43. The van der Waals surface area contributed by atoms with Crippen LogP contribution in [0.3, 0.4) is 0 Å². The van der Waals surface area contributed by atoms with Crippen molar-refractivity contribution in [2.45, 2.75) is 6.18 Å². The number of aromatic nitrogens is 2. The fourth-order valence-corrected chi connectivity index (χ4v) is 1.87. The summed E-state index contributed by atoms with van der Waals surface area (Å²) in [5.74, 6) is -0.855. The van der Waals surface area contributed by atoms with Crippen LogP contribution in [0.4, 0.5) is 18.9 Å². The molecule has 20 heavy (non-hydrogen) atoms. The van der Waals surface area contributed by atoms with Crippen LogP contribution in [-0.2, 0) is 6.18 Å². The Hall–Kier alpha value is -1.73. The van der Waals surface area contributed by atoms with Gasteiger partial charge in [-0.1, -0.05) is 29.3 Å². The fourth-order valence-electron chi connectivity index (χ4n) is 1.38. The maximum atomic E-state index is 12.4. The molecule has 0 radical (unpaired) electrons. The molecular weight excluding hydrogens is 318 g/mol. The molecule has 1 amide bonds. The minimum atomic E-state index is -4.60. The van der Waals surface area contributed by atoms with Gasteiger partial charge in [-0.2, -0.15) is 18.3 Å². The van der Waals surface area contributed by atoms with Crippen molar-refractivity contribution in [2.24, 2.45) is 0 Å². The maximum absolute atomic E-state index is 12.4. The van der Waals surface area contributed by atoms with Gasteiger partial charge in [0.2, 0.25) is 0 Å². The quantitative estimate of drug-likeness (QED) is 0.878. The number of aromatic amines is 1. The normalized spacial score (nSPS) is 11.4. The zero-order valence-corrected chi connectivity index (χ0v) is 11.1. The first-order valence-electron chi connectivity index (χ1n) is 5.17. The number of hydrogen-bond donors (Lipinski definition) is 2. The molecule has 2 N–H and O–H groups in total. The van der Waals surface area contributed by atoms with Crippen LogP contribution in [0.25, 0.3) is 0 Å². The molecule has 0 atom stereocenters. The Bertz CT molecular complexity index is 634. The standard InChI is InChI=1S/C11H6Cl2F3N3O/c12-5-2-1-3-6(13)9(5)17-10(20)7-4-8(19-18-7)11(14,15)16/h1-4H,(H,17,20)(H,18,19).